The van der Waals surface area contributed by atoms with E-state index in [1.807, 2.05) is 12.3 Å². The number of imidazole rings is 1. The van der Waals surface area contributed by atoms with Gasteiger partial charge in [0.05, 0.1) is 36.2 Å². The zero-order valence-corrected chi connectivity index (χ0v) is 39.2. The lowest BCUT2D eigenvalue weighted by Crippen LogP contribution is -2.47. The van der Waals surface area contributed by atoms with E-state index in [9.17, 15) is 0 Å². The van der Waals surface area contributed by atoms with Gasteiger partial charge in [0.25, 0.3) is 0 Å². The number of aromatic amines is 1. The zero-order chi connectivity index (χ0) is 44.8. The van der Waals surface area contributed by atoms with Crippen LogP contribution in [0.3, 0.4) is 0 Å². The summed E-state index contributed by atoms with van der Waals surface area (Å²) >= 11 is 0. The van der Waals surface area contributed by atoms with Gasteiger partial charge in [-0.15, -0.1) is 17.2 Å². The fourth-order valence-corrected chi connectivity index (χ4v) is 8.54. The molecule has 1 fully saturated rings. The lowest BCUT2D eigenvalue weighted by atomic mass is 10.0. The van der Waals surface area contributed by atoms with Crippen molar-refractivity contribution in [3.8, 4) is 0 Å². The van der Waals surface area contributed by atoms with Crippen LogP contribution in [-0.2, 0) is 19.6 Å². The van der Waals surface area contributed by atoms with Crippen molar-refractivity contribution >= 4 is 11.4 Å². The number of aromatic nitrogens is 2. The van der Waals surface area contributed by atoms with E-state index in [0.29, 0.717) is 19.6 Å². The Morgan fingerprint density at radius 1 is 0.825 bits per heavy atom. The van der Waals surface area contributed by atoms with Gasteiger partial charge in [-0.2, -0.15) is 0 Å². The molecule has 4 N–H and O–H groups in total. The first kappa shape index (κ1) is 48.8. The average Bonchev–Trinajstić information content (AvgIpc) is 3.76. The topological polar surface area (TPSA) is 84.2 Å². The fourth-order valence-electron chi connectivity index (χ4n) is 8.54. The van der Waals surface area contributed by atoms with Crippen LogP contribution in [0.5, 0.6) is 0 Å². The Bertz CT molecular complexity index is 1970. The van der Waals surface area contributed by atoms with Gasteiger partial charge in [-0.05, 0) is 55.7 Å². The van der Waals surface area contributed by atoms with E-state index in [2.05, 4.69) is 169 Å². The second-order valence-corrected chi connectivity index (χ2v) is 16.7. The molecular formula is C52H77N11. The molecule has 63 heavy (non-hydrogen) atoms. The van der Waals surface area contributed by atoms with Crippen LogP contribution >= 0.6 is 0 Å². The zero-order valence-electron chi connectivity index (χ0n) is 39.2. The Kier molecular flexibility index (Phi) is 20.5. The van der Waals surface area contributed by atoms with Crippen LogP contribution in [0.4, 0.5) is 5.69 Å². The fraction of sp³-hybridized carbons (Fsp3) is 0.500. The molecule has 3 heterocycles. The number of likely N-dealkylation sites (N-methyl/N-ethyl adjacent to an activating group) is 3. The molecular weight excluding hydrogens is 779 g/mol. The maximum atomic E-state index is 4.53. The van der Waals surface area contributed by atoms with Gasteiger partial charge >= 0.3 is 0 Å². The van der Waals surface area contributed by atoms with E-state index in [4.69, 9.17) is 0 Å². The summed E-state index contributed by atoms with van der Waals surface area (Å²) in [5.74, 6) is 0.894. The highest BCUT2D eigenvalue weighted by atomic mass is 15.3. The predicted octanol–water partition coefficient (Wildman–Crippen LogP) is 7.34. The molecule has 0 amide bonds. The van der Waals surface area contributed by atoms with Crippen molar-refractivity contribution in [1.82, 2.24) is 50.0 Å². The molecule has 0 bridgehead atoms. The van der Waals surface area contributed by atoms with Crippen molar-refractivity contribution in [2.75, 3.05) is 103 Å². The molecule has 2 aromatic carbocycles. The van der Waals surface area contributed by atoms with Crippen molar-refractivity contribution in [1.29, 1.82) is 0 Å². The van der Waals surface area contributed by atoms with Gasteiger partial charge in [0.15, 0.2) is 0 Å². The van der Waals surface area contributed by atoms with Gasteiger partial charge < -0.3 is 45.4 Å². The van der Waals surface area contributed by atoms with Gasteiger partial charge in [0.2, 0.25) is 0 Å². The Balaban J connectivity index is 1.19. The van der Waals surface area contributed by atoms with Crippen molar-refractivity contribution < 1.29 is 0 Å². The number of nitrogens with one attached hydrogen (secondary N) is 4. The number of hydrogen-bond donors (Lipinski definition) is 4. The first-order valence-electron chi connectivity index (χ1n) is 23.5. The Labute approximate surface area is 380 Å². The van der Waals surface area contributed by atoms with Crippen LogP contribution in [0.1, 0.15) is 69.5 Å². The third-order valence-corrected chi connectivity index (χ3v) is 12.5. The van der Waals surface area contributed by atoms with E-state index in [0.717, 1.165) is 157 Å². The molecule has 2 aliphatic heterocycles. The summed E-state index contributed by atoms with van der Waals surface area (Å²) < 4.78 is 0. The highest BCUT2D eigenvalue weighted by Gasteiger charge is 2.22. The van der Waals surface area contributed by atoms with Crippen molar-refractivity contribution in [2.24, 2.45) is 0 Å². The van der Waals surface area contributed by atoms with Crippen LogP contribution in [-0.4, -0.2) is 144 Å². The second-order valence-electron chi connectivity index (χ2n) is 16.7. The Morgan fingerprint density at radius 3 is 2.06 bits per heavy atom. The summed E-state index contributed by atoms with van der Waals surface area (Å²) in [7, 11) is 0. The van der Waals surface area contributed by atoms with Crippen molar-refractivity contribution in [3.05, 3.63) is 144 Å². The standard InChI is InChI=1S/C52H77N11/c1-9-20-50(57-47(10-2)41-61-35-33-59(14-6)31-29-58(13-5)30-32-60(15-7)34-36-61)48(11-3)53-25-19-28-62-40-46-37-45(23-24-49(46)56-38-43(62)8)51(12-4)63(42-52-54-26-27-55-52)39-44-21-17-16-18-22-44/h16-18,21-24,26-27,37,50,53,56-57H,2-4,8-9,13-15,19-20,25,28-36,38-42H2,1,5-7H3,(H,54,55)/t50-/m0/s1. The molecule has 0 aliphatic carbocycles. The van der Waals surface area contributed by atoms with Crippen LogP contribution in [0.15, 0.2) is 122 Å². The quantitative estimate of drug-likeness (QED) is 0.0646. The molecule has 1 atom stereocenters. The third-order valence-electron chi connectivity index (χ3n) is 12.5. The third kappa shape index (κ3) is 15.2. The second kappa shape index (κ2) is 26.4. The van der Waals surface area contributed by atoms with Gasteiger partial charge in [-0.3, -0.25) is 4.90 Å². The van der Waals surface area contributed by atoms with Gasteiger partial charge in [0.1, 0.15) is 5.82 Å². The van der Waals surface area contributed by atoms with E-state index < -0.39 is 0 Å². The monoisotopic (exact) mass is 856 g/mol. The summed E-state index contributed by atoms with van der Waals surface area (Å²) in [6, 6.07) is 17.2. The van der Waals surface area contributed by atoms with Crippen molar-refractivity contribution in [2.45, 2.75) is 72.6 Å². The Morgan fingerprint density at radius 2 is 1.49 bits per heavy atom. The molecule has 0 spiro atoms. The van der Waals surface area contributed by atoms with Gasteiger partial charge in [0, 0.05) is 114 Å². The molecule has 0 unspecified atom stereocenters. The Hall–Kier alpha value is -5.21. The number of benzene rings is 2. The first-order valence-corrected chi connectivity index (χ1v) is 23.5. The largest absolute Gasteiger partial charge is 0.380 e. The molecule has 340 valence electrons. The SMILES string of the molecule is C=C=C(CN1CCN(CC)CCN(CC)CCN(CC)CC1)N[C@@H](CCC)C(=C=C)NCCCN1Cc2cc(C(=C=C)N(Cc3ccccc3)Cc3ncc[nH]3)ccc2NCC1=C. The smallest absolute Gasteiger partial charge is 0.125 e. The summed E-state index contributed by atoms with van der Waals surface area (Å²) in [6.07, 6.45) is 6.58. The molecule has 11 heteroatoms. The van der Waals surface area contributed by atoms with Crippen LogP contribution in [0.2, 0.25) is 0 Å². The van der Waals surface area contributed by atoms with Gasteiger partial charge in [-0.25, -0.2) is 4.98 Å². The maximum absolute atomic E-state index is 4.53. The van der Waals surface area contributed by atoms with Crippen molar-refractivity contribution in [3.63, 3.8) is 0 Å². The number of hydrogen-bond acceptors (Lipinski definition) is 10. The molecule has 0 radical (unpaired) electrons. The lowest BCUT2D eigenvalue weighted by Gasteiger charge is -2.34. The highest BCUT2D eigenvalue weighted by molar-refractivity contribution is 5.68. The number of H-pyrrole nitrogens is 1. The van der Waals surface area contributed by atoms with Crippen LogP contribution in [0, 0.1) is 0 Å². The van der Waals surface area contributed by atoms with E-state index in [1.165, 1.54) is 11.1 Å². The number of nitrogens with zero attached hydrogens (tertiary/aromatic N) is 7. The summed E-state index contributed by atoms with van der Waals surface area (Å²) in [6.45, 7) is 43.1. The molecule has 11 nitrogen and oxygen atoms in total. The average molecular weight is 856 g/mol. The lowest BCUT2D eigenvalue weighted by molar-refractivity contribution is 0.143. The maximum Gasteiger partial charge on any atom is 0.125 e. The summed E-state index contributed by atoms with van der Waals surface area (Å²) in [5.41, 5.74) is 18.5. The van der Waals surface area contributed by atoms with Crippen LogP contribution in [0.25, 0.3) is 5.70 Å². The number of fused-ring (bicyclic) bond motifs is 1. The molecule has 2 aliphatic rings. The minimum absolute atomic E-state index is 0.0486. The highest BCUT2D eigenvalue weighted by Crippen LogP contribution is 2.30. The van der Waals surface area contributed by atoms with Crippen LogP contribution < -0.4 is 16.0 Å². The number of anilines is 1. The normalized spacial score (nSPS) is 16.4. The molecule has 1 aromatic heterocycles. The van der Waals surface area contributed by atoms with E-state index in [1.54, 1.807) is 6.20 Å². The van der Waals surface area contributed by atoms with Gasteiger partial charge in [-0.1, -0.05) is 96.8 Å². The molecule has 5 rings (SSSR count). The van der Waals surface area contributed by atoms with E-state index in [-0.39, 0.29) is 6.04 Å². The summed E-state index contributed by atoms with van der Waals surface area (Å²) in [4.78, 5) is 22.9. The molecule has 3 aromatic rings. The minimum Gasteiger partial charge on any atom is -0.380 e. The first-order chi connectivity index (χ1) is 30.8. The van der Waals surface area contributed by atoms with E-state index >= 15 is 0 Å². The minimum atomic E-state index is 0.0486. The molecule has 0 saturated carbocycles. The number of rotatable bonds is 21. The summed E-state index contributed by atoms with van der Waals surface area (Å²) in [5, 5.41) is 11.2. The predicted molar refractivity (Wildman–Crippen MR) is 264 cm³/mol. The molecule has 1 saturated heterocycles.